The fourth-order valence-corrected chi connectivity index (χ4v) is 4.53. The fourth-order valence-electron chi connectivity index (χ4n) is 2.28. The first kappa shape index (κ1) is 19.6. The fraction of sp³-hybridized carbons (Fsp3) is 0.278. The van der Waals surface area contributed by atoms with Gasteiger partial charge in [0.1, 0.15) is 11.5 Å². The molecule has 0 heterocycles. The minimum absolute atomic E-state index is 0.124. The van der Waals surface area contributed by atoms with Crippen LogP contribution >= 0.6 is 15.9 Å². The molecule has 2 aromatic rings. The summed E-state index contributed by atoms with van der Waals surface area (Å²) in [5.74, 6) is 0.399. The van der Waals surface area contributed by atoms with Crippen LogP contribution in [0, 0.1) is 6.92 Å². The summed E-state index contributed by atoms with van der Waals surface area (Å²) in [7, 11) is -2.25. The molecule has 0 amide bonds. The van der Waals surface area contributed by atoms with E-state index in [2.05, 4.69) is 20.7 Å². The molecule has 0 saturated heterocycles. The quantitative estimate of drug-likeness (QED) is 0.690. The van der Waals surface area contributed by atoms with Crippen LogP contribution in [0.3, 0.4) is 0 Å². The van der Waals surface area contributed by atoms with Gasteiger partial charge in [0.2, 0.25) is 10.0 Å². The normalized spacial score (nSPS) is 13.9. The van der Waals surface area contributed by atoms with Crippen molar-refractivity contribution in [1.82, 2.24) is 4.72 Å². The highest BCUT2D eigenvalue weighted by Crippen LogP contribution is 2.29. The van der Waals surface area contributed by atoms with Gasteiger partial charge in [0.05, 0.1) is 22.9 Å². The van der Waals surface area contributed by atoms with Gasteiger partial charge in [-0.1, -0.05) is 45.8 Å². The van der Waals surface area contributed by atoms with E-state index in [4.69, 9.17) is 4.74 Å². The SMILES string of the molecule is COc1ccc([C@@H](Br)[C@@H](NS(=O)(=O)c2ccc(C)cc2)C(C)=O)cc1. The molecule has 134 valence electrons. The van der Waals surface area contributed by atoms with Gasteiger partial charge in [-0.05, 0) is 43.7 Å². The number of hydrogen-bond acceptors (Lipinski definition) is 4. The first-order valence-electron chi connectivity index (χ1n) is 7.62. The topological polar surface area (TPSA) is 72.5 Å². The van der Waals surface area contributed by atoms with Gasteiger partial charge in [-0.25, -0.2) is 8.42 Å². The van der Waals surface area contributed by atoms with E-state index >= 15 is 0 Å². The second-order valence-corrected chi connectivity index (χ2v) is 8.40. The van der Waals surface area contributed by atoms with E-state index in [-0.39, 0.29) is 10.7 Å². The van der Waals surface area contributed by atoms with Crippen molar-refractivity contribution in [2.24, 2.45) is 0 Å². The summed E-state index contributed by atoms with van der Waals surface area (Å²) < 4.78 is 32.8. The van der Waals surface area contributed by atoms with Crippen LogP contribution in [0.15, 0.2) is 53.4 Å². The molecule has 0 saturated carbocycles. The zero-order valence-corrected chi connectivity index (χ0v) is 16.6. The Morgan fingerprint density at radius 2 is 1.64 bits per heavy atom. The molecule has 0 aliphatic carbocycles. The van der Waals surface area contributed by atoms with Crippen LogP contribution in [0.25, 0.3) is 0 Å². The van der Waals surface area contributed by atoms with Crippen molar-refractivity contribution in [2.75, 3.05) is 7.11 Å². The lowest BCUT2D eigenvalue weighted by molar-refractivity contribution is -0.118. The largest absolute Gasteiger partial charge is 0.497 e. The van der Waals surface area contributed by atoms with E-state index in [1.54, 1.807) is 43.5 Å². The molecule has 7 heteroatoms. The van der Waals surface area contributed by atoms with Gasteiger partial charge in [-0.2, -0.15) is 4.72 Å². The van der Waals surface area contributed by atoms with Crippen LogP contribution in [0.4, 0.5) is 0 Å². The molecule has 2 rings (SSSR count). The summed E-state index contributed by atoms with van der Waals surface area (Å²) in [6, 6.07) is 12.6. The molecule has 0 radical (unpaired) electrons. The number of hydrogen-bond donors (Lipinski definition) is 1. The molecular weight excluding hydrogens is 406 g/mol. The van der Waals surface area contributed by atoms with Crippen LogP contribution in [0.1, 0.15) is 22.9 Å². The molecule has 2 aromatic carbocycles. The van der Waals surface area contributed by atoms with Gasteiger partial charge in [-0.15, -0.1) is 0 Å². The summed E-state index contributed by atoms with van der Waals surface area (Å²) >= 11 is 3.45. The van der Waals surface area contributed by atoms with Crippen molar-refractivity contribution in [3.05, 3.63) is 59.7 Å². The Kier molecular flexibility index (Phi) is 6.37. The number of rotatable bonds is 7. The number of Topliss-reactive ketones (excluding diaryl/α,β-unsaturated/α-hetero) is 1. The third-order valence-corrected chi connectivity index (χ3v) is 6.29. The van der Waals surface area contributed by atoms with Gasteiger partial charge < -0.3 is 4.74 Å². The molecule has 0 fully saturated rings. The minimum Gasteiger partial charge on any atom is -0.497 e. The molecule has 2 atom stereocenters. The number of carbonyl (C=O) groups is 1. The highest BCUT2D eigenvalue weighted by molar-refractivity contribution is 9.09. The maximum Gasteiger partial charge on any atom is 0.241 e. The van der Waals surface area contributed by atoms with Gasteiger partial charge in [0, 0.05) is 0 Å². The lowest BCUT2D eigenvalue weighted by Crippen LogP contribution is -2.42. The van der Waals surface area contributed by atoms with Crippen LogP contribution in [0.5, 0.6) is 5.75 Å². The van der Waals surface area contributed by atoms with Crippen molar-refractivity contribution in [1.29, 1.82) is 0 Å². The molecule has 0 bridgehead atoms. The average Bonchev–Trinajstić information content (AvgIpc) is 2.59. The predicted molar refractivity (Wildman–Crippen MR) is 101 cm³/mol. The molecule has 1 N–H and O–H groups in total. The maximum absolute atomic E-state index is 12.6. The number of benzene rings is 2. The summed E-state index contributed by atoms with van der Waals surface area (Å²) in [6.07, 6.45) is 0. The zero-order chi connectivity index (χ0) is 18.6. The van der Waals surface area contributed by atoms with Crippen molar-refractivity contribution in [3.8, 4) is 5.75 Å². The first-order chi connectivity index (χ1) is 11.7. The summed E-state index contributed by atoms with van der Waals surface area (Å²) in [5.41, 5.74) is 1.73. The van der Waals surface area contributed by atoms with Crippen LogP contribution < -0.4 is 9.46 Å². The standard InChI is InChI=1S/C18H20BrNO4S/c1-12-4-10-16(11-5-12)25(22,23)20-18(13(2)21)17(19)14-6-8-15(24-3)9-7-14/h4-11,17-18,20H,1-3H3/t17-,18+/m1/s1. The highest BCUT2D eigenvalue weighted by Gasteiger charge is 2.30. The predicted octanol–water partition coefficient (Wildman–Crippen LogP) is 3.38. The lowest BCUT2D eigenvalue weighted by atomic mass is 10.0. The number of ketones is 1. The van der Waals surface area contributed by atoms with E-state index in [0.717, 1.165) is 11.1 Å². The van der Waals surface area contributed by atoms with Gasteiger partial charge in [0.25, 0.3) is 0 Å². The molecule has 0 aliphatic heterocycles. The Hall–Kier alpha value is -1.70. The Labute approximate surface area is 156 Å². The molecular formula is C18H20BrNO4S. The van der Waals surface area contributed by atoms with Crippen LogP contribution in [-0.4, -0.2) is 27.4 Å². The maximum atomic E-state index is 12.6. The number of ether oxygens (including phenoxy) is 1. The van der Waals surface area contributed by atoms with Gasteiger partial charge in [0.15, 0.2) is 0 Å². The number of halogens is 1. The van der Waals surface area contributed by atoms with Crippen molar-refractivity contribution in [2.45, 2.75) is 29.6 Å². The summed E-state index contributed by atoms with van der Waals surface area (Å²) in [5, 5.41) is 0. The molecule has 0 aliphatic rings. The number of aryl methyl sites for hydroxylation is 1. The number of methoxy groups -OCH3 is 1. The molecule has 25 heavy (non-hydrogen) atoms. The summed E-state index contributed by atoms with van der Waals surface area (Å²) in [4.78, 5) is 11.7. The van der Waals surface area contributed by atoms with E-state index in [9.17, 15) is 13.2 Å². The van der Waals surface area contributed by atoms with Crippen LogP contribution in [-0.2, 0) is 14.8 Å². The second kappa shape index (κ2) is 8.12. The second-order valence-electron chi connectivity index (χ2n) is 5.70. The number of sulfonamides is 1. The molecule has 0 unspecified atom stereocenters. The molecule has 0 aromatic heterocycles. The summed E-state index contributed by atoms with van der Waals surface area (Å²) in [6.45, 7) is 3.24. The third kappa shape index (κ3) is 4.90. The Bertz CT molecular complexity index is 832. The van der Waals surface area contributed by atoms with E-state index < -0.39 is 20.9 Å². The van der Waals surface area contributed by atoms with Crippen molar-refractivity contribution < 1.29 is 17.9 Å². The third-order valence-electron chi connectivity index (χ3n) is 3.78. The Balaban J connectivity index is 2.27. The lowest BCUT2D eigenvalue weighted by Gasteiger charge is -2.22. The number of alkyl halides is 1. The van der Waals surface area contributed by atoms with Crippen molar-refractivity contribution >= 4 is 31.7 Å². The Morgan fingerprint density at radius 3 is 2.12 bits per heavy atom. The monoisotopic (exact) mass is 425 g/mol. The van der Waals surface area contributed by atoms with Gasteiger partial charge in [-0.3, -0.25) is 4.79 Å². The van der Waals surface area contributed by atoms with Crippen LogP contribution in [0.2, 0.25) is 0 Å². The molecule has 0 spiro atoms. The number of carbonyl (C=O) groups excluding carboxylic acids is 1. The first-order valence-corrected chi connectivity index (χ1v) is 10.0. The molecule has 5 nitrogen and oxygen atoms in total. The van der Waals surface area contributed by atoms with E-state index in [1.165, 1.54) is 19.1 Å². The van der Waals surface area contributed by atoms with Gasteiger partial charge >= 0.3 is 0 Å². The van der Waals surface area contributed by atoms with Crippen molar-refractivity contribution in [3.63, 3.8) is 0 Å². The van der Waals surface area contributed by atoms with E-state index in [0.29, 0.717) is 5.75 Å². The van der Waals surface area contributed by atoms with E-state index in [1.807, 2.05) is 6.92 Å². The Morgan fingerprint density at radius 1 is 1.08 bits per heavy atom. The highest BCUT2D eigenvalue weighted by atomic mass is 79.9. The zero-order valence-electron chi connectivity index (χ0n) is 14.2. The number of nitrogens with one attached hydrogen (secondary N) is 1. The average molecular weight is 426 g/mol. The smallest absolute Gasteiger partial charge is 0.241 e. The minimum atomic E-state index is -3.81.